The molecule has 7 nitrogen and oxygen atoms in total. The van der Waals surface area contributed by atoms with E-state index in [1.54, 1.807) is 0 Å². The largest absolute Gasteiger partial charge is 0.409 e. The number of nitrogens with one attached hydrogen (secondary N) is 1. The van der Waals surface area contributed by atoms with E-state index in [9.17, 15) is 9.59 Å². The van der Waals surface area contributed by atoms with Crippen molar-refractivity contribution in [3.8, 4) is 0 Å². The summed E-state index contributed by atoms with van der Waals surface area (Å²) in [6.07, 6.45) is 2.84. The molecule has 1 rings (SSSR count). The molecule has 0 spiro atoms. The molecule has 0 aromatic heterocycles. The van der Waals surface area contributed by atoms with Crippen molar-refractivity contribution >= 4 is 17.6 Å². The fourth-order valence-corrected chi connectivity index (χ4v) is 2.82. The van der Waals surface area contributed by atoms with Crippen molar-refractivity contribution in [3.63, 3.8) is 0 Å². The molecular formula is C14H26N4O3. The van der Waals surface area contributed by atoms with E-state index in [1.807, 2.05) is 20.8 Å². The second kappa shape index (κ2) is 7.28. The van der Waals surface area contributed by atoms with Gasteiger partial charge in [0.2, 0.25) is 11.8 Å². The van der Waals surface area contributed by atoms with Gasteiger partial charge in [0.25, 0.3) is 0 Å². The maximum Gasteiger partial charge on any atom is 0.239 e. The summed E-state index contributed by atoms with van der Waals surface area (Å²) >= 11 is 0. The van der Waals surface area contributed by atoms with Gasteiger partial charge in [-0.1, -0.05) is 18.0 Å². The van der Waals surface area contributed by atoms with Gasteiger partial charge in [-0.25, -0.2) is 0 Å². The molecule has 0 radical (unpaired) electrons. The molecule has 0 heterocycles. The zero-order valence-electron chi connectivity index (χ0n) is 13.1. The lowest BCUT2D eigenvalue weighted by molar-refractivity contribution is -0.141. The van der Waals surface area contributed by atoms with Crippen LogP contribution in [0, 0.1) is 5.41 Å². The van der Waals surface area contributed by atoms with Crippen molar-refractivity contribution in [3.05, 3.63) is 0 Å². The lowest BCUT2D eigenvalue weighted by atomic mass is 9.83. The van der Waals surface area contributed by atoms with Gasteiger partial charge in [-0.2, -0.15) is 0 Å². The number of carbonyl (C=O) groups excluding carboxylic acids is 2. The Balaban J connectivity index is 2.88. The highest BCUT2D eigenvalue weighted by molar-refractivity contribution is 6.07. The molecule has 0 saturated heterocycles. The monoisotopic (exact) mass is 298 g/mol. The highest BCUT2D eigenvalue weighted by atomic mass is 16.4. The smallest absolute Gasteiger partial charge is 0.239 e. The lowest BCUT2D eigenvalue weighted by Crippen LogP contribution is -2.52. The third kappa shape index (κ3) is 3.86. The number of hydrogen-bond acceptors (Lipinski definition) is 4. The van der Waals surface area contributed by atoms with Gasteiger partial charge >= 0.3 is 0 Å². The molecule has 21 heavy (non-hydrogen) atoms. The third-order valence-corrected chi connectivity index (χ3v) is 3.92. The van der Waals surface area contributed by atoms with Gasteiger partial charge in [0.15, 0.2) is 5.84 Å². The van der Waals surface area contributed by atoms with Crippen molar-refractivity contribution in [2.75, 3.05) is 13.1 Å². The van der Waals surface area contributed by atoms with Gasteiger partial charge < -0.3 is 21.2 Å². The molecule has 1 aliphatic rings. The molecule has 4 N–H and O–H groups in total. The number of amidine groups is 1. The lowest BCUT2D eigenvalue weighted by Gasteiger charge is -2.32. The molecule has 2 amide bonds. The van der Waals surface area contributed by atoms with E-state index in [0.29, 0.717) is 19.4 Å². The van der Waals surface area contributed by atoms with Crippen LogP contribution in [0.15, 0.2) is 5.16 Å². The average Bonchev–Trinajstić information content (AvgIpc) is 2.93. The normalized spacial score (nSPS) is 17.8. The Bertz CT molecular complexity index is 414. The summed E-state index contributed by atoms with van der Waals surface area (Å²) in [7, 11) is 0. The first kappa shape index (κ1) is 17.3. The van der Waals surface area contributed by atoms with E-state index in [-0.39, 0.29) is 30.2 Å². The molecule has 0 aromatic carbocycles. The number of oxime groups is 1. The first-order valence-electron chi connectivity index (χ1n) is 7.44. The van der Waals surface area contributed by atoms with E-state index < -0.39 is 5.41 Å². The van der Waals surface area contributed by atoms with Crippen LogP contribution in [0.4, 0.5) is 0 Å². The van der Waals surface area contributed by atoms with Gasteiger partial charge in [-0.05, 0) is 33.6 Å². The van der Waals surface area contributed by atoms with E-state index in [0.717, 1.165) is 12.8 Å². The molecule has 1 saturated carbocycles. The summed E-state index contributed by atoms with van der Waals surface area (Å²) in [5.74, 6) is -0.475. The van der Waals surface area contributed by atoms with Crippen LogP contribution >= 0.6 is 0 Å². The van der Waals surface area contributed by atoms with E-state index in [2.05, 4.69) is 10.5 Å². The van der Waals surface area contributed by atoms with Crippen molar-refractivity contribution < 1.29 is 14.8 Å². The summed E-state index contributed by atoms with van der Waals surface area (Å²) in [6.45, 7) is 5.95. The predicted molar refractivity (Wildman–Crippen MR) is 79.8 cm³/mol. The third-order valence-electron chi connectivity index (χ3n) is 3.92. The van der Waals surface area contributed by atoms with E-state index in [1.165, 1.54) is 4.90 Å². The Morgan fingerprint density at radius 2 is 1.95 bits per heavy atom. The zero-order valence-corrected chi connectivity index (χ0v) is 13.1. The first-order valence-corrected chi connectivity index (χ1v) is 7.44. The number of amides is 2. The van der Waals surface area contributed by atoms with Crippen LogP contribution in [-0.2, 0) is 9.59 Å². The highest BCUT2D eigenvalue weighted by Gasteiger charge is 2.47. The Hall–Kier alpha value is -1.79. The van der Waals surface area contributed by atoms with Crippen molar-refractivity contribution in [2.24, 2.45) is 16.3 Å². The van der Waals surface area contributed by atoms with Crippen LogP contribution in [0.1, 0.15) is 46.5 Å². The van der Waals surface area contributed by atoms with Crippen LogP contribution in [0.5, 0.6) is 0 Å². The zero-order chi connectivity index (χ0) is 16.0. The maximum absolute atomic E-state index is 12.8. The Labute approximate surface area is 125 Å². The molecule has 1 aliphatic carbocycles. The molecule has 0 aliphatic heterocycles. The SMILES string of the molecule is CCN(CC(=O)NC(C)C)C(=O)C1(C(N)=NO)CCCC1. The summed E-state index contributed by atoms with van der Waals surface area (Å²) in [5.41, 5.74) is 4.81. The molecule has 7 heteroatoms. The number of nitrogens with zero attached hydrogens (tertiary/aromatic N) is 2. The average molecular weight is 298 g/mol. The number of likely N-dealkylation sites (N-methyl/N-ethyl adjacent to an activating group) is 1. The fourth-order valence-electron chi connectivity index (χ4n) is 2.82. The predicted octanol–water partition coefficient (Wildman–Crippen LogP) is 0.666. The Morgan fingerprint density at radius 1 is 1.38 bits per heavy atom. The summed E-state index contributed by atoms with van der Waals surface area (Å²) in [6, 6.07) is 0.0239. The molecule has 1 fully saturated rings. The topological polar surface area (TPSA) is 108 Å². The van der Waals surface area contributed by atoms with Gasteiger partial charge in [0.05, 0.1) is 6.54 Å². The molecule has 120 valence electrons. The van der Waals surface area contributed by atoms with Gasteiger partial charge in [-0.3, -0.25) is 9.59 Å². The van der Waals surface area contributed by atoms with Crippen LogP contribution in [-0.4, -0.2) is 46.9 Å². The molecule has 0 unspecified atom stereocenters. The summed E-state index contributed by atoms with van der Waals surface area (Å²) in [5, 5.41) is 14.8. The highest BCUT2D eigenvalue weighted by Crippen LogP contribution is 2.40. The quantitative estimate of drug-likeness (QED) is 0.290. The second-order valence-electron chi connectivity index (χ2n) is 5.82. The Morgan fingerprint density at radius 3 is 2.38 bits per heavy atom. The molecular weight excluding hydrogens is 272 g/mol. The minimum absolute atomic E-state index is 0.00598. The fraction of sp³-hybridized carbons (Fsp3) is 0.786. The molecule has 0 atom stereocenters. The maximum atomic E-state index is 12.8. The van der Waals surface area contributed by atoms with Crippen LogP contribution < -0.4 is 11.1 Å². The van der Waals surface area contributed by atoms with Gasteiger partial charge in [0, 0.05) is 12.6 Å². The molecule has 0 bridgehead atoms. The van der Waals surface area contributed by atoms with E-state index >= 15 is 0 Å². The standard InChI is InChI=1S/C14H26N4O3/c1-4-18(9-11(19)16-10(2)3)13(20)14(12(15)17-21)7-5-6-8-14/h10,21H,4-9H2,1-3H3,(H2,15,17)(H,16,19). The van der Waals surface area contributed by atoms with Crippen molar-refractivity contribution in [2.45, 2.75) is 52.5 Å². The first-order chi connectivity index (χ1) is 9.87. The van der Waals surface area contributed by atoms with E-state index in [4.69, 9.17) is 10.9 Å². The van der Waals surface area contributed by atoms with Crippen LogP contribution in [0.25, 0.3) is 0 Å². The minimum Gasteiger partial charge on any atom is -0.409 e. The minimum atomic E-state index is -0.955. The molecule has 0 aromatic rings. The number of hydrogen-bond donors (Lipinski definition) is 3. The number of rotatable bonds is 6. The van der Waals surface area contributed by atoms with Gasteiger partial charge in [0.1, 0.15) is 5.41 Å². The van der Waals surface area contributed by atoms with Gasteiger partial charge in [-0.15, -0.1) is 0 Å². The summed E-state index contributed by atoms with van der Waals surface area (Å²) < 4.78 is 0. The number of nitrogens with two attached hydrogens (primary N) is 1. The van der Waals surface area contributed by atoms with Crippen molar-refractivity contribution in [1.82, 2.24) is 10.2 Å². The van der Waals surface area contributed by atoms with Crippen molar-refractivity contribution in [1.29, 1.82) is 0 Å². The summed E-state index contributed by atoms with van der Waals surface area (Å²) in [4.78, 5) is 26.1. The van der Waals surface area contributed by atoms with Crippen LogP contribution in [0.2, 0.25) is 0 Å². The second-order valence-corrected chi connectivity index (χ2v) is 5.82. The number of carbonyl (C=O) groups is 2. The Kier molecular flexibility index (Phi) is 5.99. The van der Waals surface area contributed by atoms with Crippen LogP contribution in [0.3, 0.4) is 0 Å².